The van der Waals surface area contributed by atoms with Crippen LogP contribution in [0.15, 0.2) is 83.6 Å². The number of aryl methyl sites for hydroxylation is 6. The van der Waals surface area contributed by atoms with Crippen LogP contribution in [0.2, 0.25) is 0 Å². The van der Waals surface area contributed by atoms with Gasteiger partial charge in [-0.05, 0) is 104 Å². The highest BCUT2D eigenvalue weighted by molar-refractivity contribution is 5.97. The second-order valence-electron chi connectivity index (χ2n) is 20.6. The van der Waals surface area contributed by atoms with Crippen LogP contribution in [-0.4, -0.2) is 151 Å². The normalized spacial score (nSPS) is 16.9. The number of nitriles is 2. The minimum absolute atomic E-state index is 0.0673. The number of carbonyl (C=O) groups is 2. The summed E-state index contributed by atoms with van der Waals surface area (Å²) in [5, 5.41) is 19.9. The van der Waals surface area contributed by atoms with Crippen LogP contribution in [0.3, 0.4) is 0 Å². The number of benzene rings is 4. The van der Waals surface area contributed by atoms with Crippen LogP contribution in [-0.2, 0) is 20.1 Å². The van der Waals surface area contributed by atoms with Crippen LogP contribution in [0.25, 0.3) is 11.3 Å². The van der Waals surface area contributed by atoms with Gasteiger partial charge in [0.2, 0.25) is 5.95 Å². The van der Waals surface area contributed by atoms with Gasteiger partial charge < -0.3 is 38.4 Å². The number of oxazole rings is 1. The second-order valence-corrected chi connectivity index (χ2v) is 20.6. The number of hydrogen-bond donors (Lipinski definition) is 0. The molecular formula is C58H67N13O3. The number of carbonyl (C=O) groups excluding carboxylic acids is 2. The minimum Gasteiger partial charge on any atom is -0.432 e. The van der Waals surface area contributed by atoms with Crippen molar-refractivity contribution in [3.05, 3.63) is 141 Å². The Bertz CT molecular complexity index is 3130. The summed E-state index contributed by atoms with van der Waals surface area (Å²) in [6.07, 6.45) is 3.72. The summed E-state index contributed by atoms with van der Waals surface area (Å²) >= 11 is 0. The quantitative estimate of drug-likeness (QED) is 0.132. The molecule has 0 spiro atoms. The highest BCUT2D eigenvalue weighted by Gasteiger charge is 2.30. The van der Waals surface area contributed by atoms with Gasteiger partial charge in [-0.25, -0.2) is 4.98 Å². The maximum Gasteiger partial charge on any atom is 0.297 e. The Morgan fingerprint density at radius 1 is 0.554 bits per heavy atom. The van der Waals surface area contributed by atoms with Crippen molar-refractivity contribution in [3.63, 3.8) is 0 Å². The summed E-state index contributed by atoms with van der Waals surface area (Å²) in [5.41, 5.74) is 14.1. The molecule has 0 atom stereocenters. The van der Waals surface area contributed by atoms with E-state index < -0.39 is 0 Å². The molecule has 74 heavy (non-hydrogen) atoms. The molecule has 0 saturated carbocycles. The Labute approximate surface area is 435 Å². The Morgan fingerprint density at radius 3 is 1.58 bits per heavy atom. The van der Waals surface area contributed by atoms with Crippen molar-refractivity contribution in [3.8, 4) is 23.4 Å². The van der Waals surface area contributed by atoms with Crippen LogP contribution >= 0.6 is 0 Å². The first-order valence-electron chi connectivity index (χ1n) is 26.1. The van der Waals surface area contributed by atoms with Crippen molar-refractivity contribution in [1.82, 2.24) is 34.1 Å². The monoisotopic (exact) mass is 994 g/mol. The van der Waals surface area contributed by atoms with E-state index in [1.165, 1.54) is 16.7 Å². The van der Waals surface area contributed by atoms with E-state index in [-0.39, 0.29) is 11.8 Å². The zero-order valence-electron chi connectivity index (χ0n) is 43.8. The lowest BCUT2D eigenvalue weighted by Gasteiger charge is -2.37. The molecule has 0 unspecified atom stereocenters. The van der Waals surface area contributed by atoms with Gasteiger partial charge in [0, 0.05) is 148 Å². The first-order valence-corrected chi connectivity index (χ1v) is 26.1. The fraction of sp³-hybridized carbons (Fsp3) is 0.414. The molecule has 0 N–H and O–H groups in total. The first-order chi connectivity index (χ1) is 35.8. The third kappa shape index (κ3) is 10.4. The standard InChI is InChI=1S/C58H67N13O3/c1-40-29-42(3)50(31-48(40)36-64-13-17-66(18-14-64)53-10-8-7-9-46(53)34-59)55(72)68-21-25-70(26-22-68)57-62-52(38-63(57)6)45-11-12-47(35-60)54(33-45)67-19-15-65(16-20-67)37-49-32-51(43(4)30-41(49)2)56(73)69-23-27-71(28-24-69)58-61-44(5)39-74-58/h7-12,29-33,38-39H,13-28,36-37H2,1-6H3. The van der Waals surface area contributed by atoms with Gasteiger partial charge in [-0.2, -0.15) is 15.5 Å². The Hall–Kier alpha value is -7.66. The molecule has 6 heterocycles. The van der Waals surface area contributed by atoms with Crippen LogP contribution < -0.4 is 19.6 Å². The van der Waals surface area contributed by atoms with Crippen molar-refractivity contribution in [1.29, 1.82) is 10.5 Å². The van der Waals surface area contributed by atoms with E-state index in [0.29, 0.717) is 69.5 Å². The summed E-state index contributed by atoms with van der Waals surface area (Å²) in [5.74, 6) is 0.992. The van der Waals surface area contributed by atoms with Gasteiger partial charge in [0.1, 0.15) is 18.4 Å². The molecule has 4 aliphatic rings. The average Bonchev–Trinajstić information content (AvgIpc) is 4.05. The molecule has 10 rings (SSSR count). The molecule has 16 heteroatoms. The molecule has 2 aromatic heterocycles. The summed E-state index contributed by atoms with van der Waals surface area (Å²) in [6.45, 7) is 23.5. The van der Waals surface area contributed by atoms with Crippen LogP contribution in [0.4, 0.5) is 23.3 Å². The van der Waals surface area contributed by atoms with Crippen LogP contribution in [0.1, 0.15) is 70.9 Å². The number of piperazine rings is 4. The van der Waals surface area contributed by atoms with E-state index in [1.807, 2.05) is 74.0 Å². The molecule has 382 valence electrons. The predicted octanol–water partition coefficient (Wildman–Crippen LogP) is 6.93. The third-order valence-corrected chi connectivity index (χ3v) is 15.6. The largest absolute Gasteiger partial charge is 0.432 e. The Morgan fingerprint density at radius 2 is 1.05 bits per heavy atom. The summed E-state index contributed by atoms with van der Waals surface area (Å²) in [6, 6.07) is 27.7. The highest BCUT2D eigenvalue weighted by Crippen LogP contribution is 2.32. The molecule has 0 aliphatic carbocycles. The summed E-state index contributed by atoms with van der Waals surface area (Å²) in [7, 11) is 2.02. The van der Waals surface area contributed by atoms with Crippen molar-refractivity contribution < 1.29 is 14.0 Å². The van der Waals surface area contributed by atoms with E-state index in [4.69, 9.17) is 9.40 Å². The Balaban J connectivity index is 0.737. The van der Waals surface area contributed by atoms with E-state index in [1.54, 1.807) is 6.26 Å². The lowest BCUT2D eigenvalue weighted by molar-refractivity contribution is 0.0737. The SMILES string of the molecule is Cc1coc(N2CCN(C(=O)c3cc(CN4CCN(c5cc(-c6cn(C)c(N7CCN(C(=O)c8cc(CN9CCN(c%10ccccc%10C#N)CC9)c(C)cc8C)CC7)n6)ccc5C#N)CC4)c(C)cc3C)CC2)n1. The smallest absolute Gasteiger partial charge is 0.297 e. The number of hydrogen-bond acceptors (Lipinski definition) is 13. The zero-order chi connectivity index (χ0) is 51.6. The van der Waals surface area contributed by atoms with Crippen LogP contribution in [0.5, 0.6) is 0 Å². The topological polar surface area (TPSA) is 151 Å². The van der Waals surface area contributed by atoms with E-state index in [9.17, 15) is 20.1 Å². The first kappa shape index (κ1) is 49.9. The van der Waals surface area contributed by atoms with E-state index in [2.05, 4.69) is 101 Å². The number of anilines is 4. The number of imidazole rings is 1. The van der Waals surface area contributed by atoms with Gasteiger partial charge in [-0.15, -0.1) is 0 Å². The number of amides is 2. The highest BCUT2D eigenvalue weighted by atomic mass is 16.4. The molecule has 4 aromatic carbocycles. The Kier molecular flexibility index (Phi) is 14.5. The maximum atomic E-state index is 14.2. The van der Waals surface area contributed by atoms with Crippen molar-refractivity contribution in [2.45, 2.75) is 47.7 Å². The molecule has 4 fully saturated rings. The van der Waals surface area contributed by atoms with Gasteiger partial charge in [0.15, 0.2) is 0 Å². The summed E-state index contributed by atoms with van der Waals surface area (Å²) < 4.78 is 7.68. The molecule has 0 bridgehead atoms. The zero-order valence-corrected chi connectivity index (χ0v) is 43.8. The van der Waals surface area contributed by atoms with Crippen molar-refractivity contribution >= 4 is 35.2 Å². The molecule has 6 aromatic rings. The maximum absolute atomic E-state index is 14.2. The number of nitrogens with zero attached hydrogens (tertiary/aromatic N) is 13. The number of aromatic nitrogens is 3. The second kappa shape index (κ2) is 21.4. The van der Waals surface area contributed by atoms with E-state index >= 15 is 0 Å². The van der Waals surface area contributed by atoms with Crippen molar-refractivity contribution in [2.75, 3.05) is 124 Å². The van der Waals surface area contributed by atoms with Gasteiger partial charge in [0.05, 0.1) is 33.9 Å². The average molecular weight is 994 g/mol. The molecular weight excluding hydrogens is 927 g/mol. The van der Waals surface area contributed by atoms with Crippen LogP contribution in [0, 0.1) is 57.3 Å². The molecule has 16 nitrogen and oxygen atoms in total. The molecule has 4 aliphatic heterocycles. The van der Waals surface area contributed by atoms with Gasteiger partial charge >= 0.3 is 0 Å². The fourth-order valence-corrected chi connectivity index (χ4v) is 11.2. The van der Waals surface area contributed by atoms with E-state index in [0.717, 1.165) is 128 Å². The van der Waals surface area contributed by atoms with Crippen molar-refractivity contribution in [2.24, 2.45) is 7.05 Å². The number of para-hydroxylation sites is 1. The summed E-state index contributed by atoms with van der Waals surface area (Å²) in [4.78, 5) is 55.5. The molecule has 2 amide bonds. The molecule has 4 saturated heterocycles. The van der Waals surface area contributed by atoms with Gasteiger partial charge in [-0.1, -0.05) is 30.3 Å². The lowest BCUT2D eigenvalue weighted by Crippen LogP contribution is -2.49. The predicted molar refractivity (Wildman–Crippen MR) is 289 cm³/mol. The number of rotatable bonds is 11. The van der Waals surface area contributed by atoms with Gasteiger partial charge in [-0.3, -0.25) is 19.4 Å². The third-order valence-electron chi connectivity index (χ3n) is 15.6. The fourth-order valence-electron chi connectivity index (χ4n) is 11.2. The lowest BCUT2D eigenvalue weighted by atomic mass is 9.98. The molecule has 0 radical (unpaired) electrons. The van der Waals surface area contributed by atoms with Gasteiger partial charge in [0.25, 0.3) is 17.8 Å². The minimum atomic E-state index is 0.0673.